The zero-order valence-corrected chi connectivity index (χ0v) is 16.0. The number of hydrogen-bond donors (Lipinski definition) is 1. The first-order valence-electron chi connectivity index (χ1n) is 8.69. The summed E-state index contributed by atoms with van der Waals surface area (Å²) in [7, 11) is 2.84. The number of alkyl halides is 2. The van der Waals surface area contributed by atoms with Crippen molar-refractivity contribution in [3.05, 3.63) is 47.5 Å². The highest BCUT2D eigenvalue weighted by Gasteiger charge is 2.20. The molecule has 0 saturated heterocycles. The van der Waals surface area contributed by atoms with Crippen molar-refractivity contribution in [3.8, 4) is 23.0 Å². The molecule has 0 aliphatic carbocycles. The Balaban J connectivity index is 2.14. The quantitative estimate of drug-likeness (QED) is 0.658. The number of nitrogens with one attached hydrogen (secondary N) is 1. The molecule has 0 spiro atoms. The van der Waals surface area contributed by atoms with Crippen LogP contribution in [0.4, 0.5) is 8.78 Å². The number of rotatable bonds is 10. The Labute approximate surface area is 162 Å². The first kappa shape index (κ1) is 21.3. The number of carbonyl (C=O) groups is 1. The van der Waals surface area contributed by atoms with Crippen LogP contribution in [0.3, 0.4) is 0 Å². The Morgan fingerprint density at radius 2 is 1.82 bits per heavy atom. The van der Waals surface area contributed by atoms with Crippen molar-refractivity contribution < 1.29 is 32.5 Å². The second-order valence-corrected chi connectivity index (χ2v) is 5.73. The van der Waals surface area contributed by atoms with Gasteiger partial charge >= 0.3 is 6.61 Å². The minimum absolute atomic E-state index is 0.0467. The van der Waals surface area contributed by atoms with Crippen LogP contribution in [0.15, 0.2) is 36.4 Å². The van der Waals surface area contributed by atoms with Gasteiger partial charge in [0.05, 0.1) is 26.4 Å². The molecule has 8 heteroatoms. The van der Waals surface area contributed by atoms with E-state index in [0.29, 0.717) is 18.1 Å². The molecule has 1 N–H and O–H groups in total. The lowest BCUT2D eigenvalue weighted by atomic mass is 10.1. The van der Waals surface area contributed by atoms with Crippen molar-refractivity contribution in [2.45, 2.75) is 26.5 Å². The molecule has 0 aliphatic rings. The van der Waals surface area contributed by atoms with E-state index in [9.17, 15) is 13.6 Å². The summed E-state index contributed by atoms with van der Waals surface area (Å²) in [5.74, 6) is 0.327. The number of halogens is 2. The van der Waals surface area contributed by atoms with Gasteiger partial charge in [-0.15, -0.1) is 0 Å². The number of benzene rings is 2. The molecule has 0 heterocycles. The van der Waals surface area contributed by atoms with Crippen molar-refractivity contribution in [2.75, 3.05) is 20.8 Å². The van der Waals surface area contributed by atoms with Crippen molar-refractivity contribution in [1.29, 1.82) is 0 Å². The number of amides is 1. The van der Waals surface area contributed by atoms with Gasteiger partial charge in [0, 0.05) is 6.54 Å². The first-order valence-corrected chi connectivity index (χ1v) is 8.69. The molecule has 0 radical (unpaired) electrons. The number of methoxy groups -OCH3 is 2. The van der Waals surface area contributed by atoms with Crippen LogP contribution in [-0.2, 0) is 6.54 Å². The summed E-state index contributed by atoms with van der Waals surface area (Å²) in [6, 6.07) is 9.64. The summed E-state index contributed by atoms with van der Waals surface area (Å²) >= 11 is 0. The lowest BCUT2D eigenvalue weighted by molar-refractivity contribution is -0.0515. The molecule has 0 fully saturated rings. The molecule has 152 valence electrons. The van der Waals surface area contributed by atoms with Crippen LogP contribution in [0.5, 0.6) is 23.0 Å². The van der Waals surface area contributed by atoms with E-state index in [-0.39, 0.29) is 23.6 Å². The van der Waals surface area contributed by atoms with Crippen LogP contribution < -0.4 is 24.3 Å². The largest absolute Gasteiger partial charge is 0.493 e. The summed E-state index contributed by atoms with van der Waals surface area (Å²) in [4.78, 5) is 12.5. The third-order valence-corrected chi connectivity index (χ3v) is 3.79. The maximum absolute atomic E-state index is 12.7. The zero-order valence-electron chi connectivity index (χ0n) is 16.0. The van der Waals surface area contributed by atoms with Crippen LogP contribution in [0, 0.1) is 0 Å². The molecule has 1 amide bonds. The predicted octanol–water partition coefficient (Wildman–Crippen LogP) is 4.02. The molecule has 2 aromatic carbocycles. The van der Waals surface area contributed by atoms with Gasteiger partial charge in [-0.05, 0) is 36.2 Å². The molecule has 0 saturated carbocycles. The van der Waals surface area contributed by atoms with E-state index in [1.807, 2.05) is 6.92 Å². The fraction of sp³-hybridized carbons (Fsp3) is 0.350. The zero-order chi connectivity index (χ0) is 20.5. The van der Waals surface area contributed by atoms with E-state index >= 15 is 0 Å². The third kappa shape index (κ3) is 5.48. The summed E-state index contributed by atoms with van der Waals surface area (Å²) in [6.07, 6.45) is 0.866. The van der Waals surface area contributed by atoms with E-state index in [1.165, 1.54) is 32.4 Å². The average Bonchev–Trinajstić information content (AvgIpc) is 2.70. The lowest BCUT2D eigenvalue weighted by Gasteiger charge is -2.15. The van der Waals surface area contributed by atoms with Gasteiger partial charge in [-0.3, -0.25) is 4.79 Å². The first-order chi connectivity index (χ1) is 13.5. The fourth-order valence-corrected chi connectivity index (χ4v) is 2.50. The lowest BCUT2D eigenvalue weighted by Crippen LogP contribution is -2.24. The van der Waals surface area contributed by atoms with E-state index in [1.54, 1.807) is 18.2 Å². The molecule has 28 heavy (non-hydrogen) atoms. The minimum atomic E-state index is -3.08. The van der Waals surface area contributed by atoms with Gasteiger partial charge in [-0.1, -0.05) is 19.1 Å². The van der Waals surface area contributed by atoms with Gasteiger partial charge in [-0.2, -0.15) is 8.78 Å². The van der Waals surface area contributed by atoms with Crippen LogP contribution in [0.1, 0.15) is 29.3 Å². The third-order valence-electron chi connectivity index (χ3n) is 3.79. The van der Waals surface area contributed by atoms with Crippen LogP contribution in [-0.4, -0.2) is 33.3 Å². The van der Waals surface area contributed by atoms with Gasteiger partial charge in [-0.25, -0.2) is 0 Å². The van der Waals surface area contributed by atoms with Gasteiger partial charge in [0.1, 0.15) is 0 Å². The van der Waals surface area contributed by atoms with Crippen LogP contribution in [0.2, 0.25) is 0 Å². The molecule has 0 aromatic heterocycles. The number of carbonyl (C=O) groups excluding carboxylic acids is 1. The average molecular weight is 395 g/mol. The Bertz CT molecular complexity index is 798. The monoisotopic (exact) mass is 395 g/mol. The van der Waals surface area contributed by atoms with Crippen LogP contribution >= 0.6 is 0 Å². The molecule has 0 bridgehead atoms. The second-order valence-electron chi connectivity index (χ2n) is 5.73. The molecule has 0 unspecified atom stereocenters. The highest BCUT2D eigenvalue weighted by Crippen LogP contribution is 2.32. The van der Waals surface area contributed by atoms with Crippen LogP contribution in [0.25, 0.3) is 0 Å². The predicted molar refractivity (Wildman–Crippen MR) is 99.6 cm³/mol. The molecule has 2 rings (SSSR count). The van der Waals surface area contributed by atoms with Crippen molar-refractivity contribution in [3.63, 3.8) is 0 Å². The molecular weight excluding hydrogens is 372 g/mol. The van der Waals surface area contributed by atoms with Gasteiger partial charge in [0.25, 0.3) is 5.91 Å². The Morgan fingerprint density at radius 1 is 1.07 bits per heavy atom. The van der Waals surface area contributed by atoms with Crippen molar-refractivity contribution in [1.82, 2.24) is 5.32 Å². The normalized spacial score (nSPS) is 10.5. The molecule has 0 aliphatic heterocycles. The molecule has 0 atom stereocenters. The maximum Gasteiger partial charge on any atom is 0.387 e. The Hall–Kier alpha value is -3.03. The topological polar surface area (TPSA) is 66.0 Å². The van der Waals surface area contributed by atoms with Crippen molar-refractivity contribution >= 4 is 5.91 Å². The Kier molecular flexibility index (Phi) is 7.86. The van der Waals surface area contributed by atoms with E-state index in [0.717, 1.165) is 12.0 Å². The Morgan fingerprint density at radius 3 is 2.46 bits per heavy atom. The summed E-state index contributed by atoms with van der Waals surface area (Å²) in [5, 5.41) is 2.68. The van der Waals surface area contributed by atoms with E-state index < -0.39 is 12.5 Å². The highest BCUT2D eigenvalue weighted by atomic mass is 19.3. The molecule has 2 aromatic rings. The van der Waals surface area contributed by atoms with Crippen molar-refractivity contribution in [2.24, 2.45) is 0 Å². The number of hydrogen-bond acceptors (Lipinski definition) is 5. The fourth-order valence-electron chi connectivity index (χ4n) is 2.50. The summed E-state index contributed by atoms with van der Waals surface area (Å²) < 4.78 is 45.8. The summed E-state index contributed by atoms with van der Waals surface area (Å²) in [6.45, 7) is -0.354. The van der Waals surface area contributed by atoms with Gasteiger partial charge in [0.2, 0.25) is 0 Å². The highest BCUT2D eigenvalue weighted by molar-refractivity contribution is 5.97. The number of para-hydroxylation sites is 1. The molecular formula is C20H23F2NO5. The SMILES string of the molecule is CCCOc1ccc(CNC(=O)c2cccc(OC)c2OC(F)F)cc1OC. The van der Waals surface area contributed by atoms with E-state index in [2.05, 4.69) is 10.1 Å². The smallest absolute Gasteiger partial charge is 0.387 e. The second kappa shape index (κ2) is 10.3. The van der Waals surface area contributed by atoms with E-state index in [4.69, 9.17) is 14.2 Å². The number of ether oxygens (including phenoxy) is 4. The maximum atomic E-state index is 12.7. The van der Waals surface area contributed by atoms with Gasteiger partial charge < -0.3 is 24.3 Å². The molecule has 6 nitrogen and oxygen atoms in total. The minimum Gasteiger partial charge on any atom is -0.493 e. The standard InChI is InChI=1S/C20H23F2NO5/c1-4-10-27-15-9-8-13(11-17(15)26-3)12-23-19(24)14-6-5-7-16(25-2)18(14)28-20(21)22/h5-9,11,20H,4,10,12H2,1-3H3,(H,23,24). The van der Waals surface area contributed by atoms with Gasteiger partial charge in [0.15, 0.2) is 23.0 Å². The summed E-state index contributed by atoms with van der Waals surface area (Å²) in [5.41, 5.74) is 0.711.